The van der Waals surface area contributed by atoms with Crippen LogP contribution in [0.4, 0.5) is 11.4 Å². The molecule has 1 aliphatic heterocycles. The number of halogens is 1. The first-order valence-corrected chi connectivity index (χ1v) is 9.43. The molecule has 4 rings (SSSR count). The lowest BCUT2D eigenvalue weighted by atomic mass is 9.97. The number of fused-ring (bicyclic) bond motifs is 2. The highest BCUT2D eigenvalue weighted by Gasteiger charge is 2.58. The van der Waals surface area contributed by atoms with Gasteiger partial charge in [0.15, 0.2) is 0 Å². The summed E-state index contributed by atoms with van der Waals surface area (Å²) in [5, 5.41) is 0. The van der Waals surface area contributed by atoms with Gasteiger partial charge < -0.3 is 9.62 Å². The summed E-state index contributed by atoms with van der Waals surface area (Å²) >= 11 is 5.16. The molecular weight excluding hydrogens is 372 g/mol. The molecule has 2 aromatic carbocycles. The van der Waals surface area contributed by atoms with Crippen molar-refractivity contribution >= 4 is 45.2 Å². The van der Waals surface area contributed by atoms with Crippen molar-refractivity contribution in [3.63, 3.8) is 0 Å². The average molecular weight is 389 g/mol. The normalized spacial score (nSPS) is 17.5. The summed E-state index contributed by atoms with van der Waals surface area (Å²) in [5.74, 6) is 1.15. The lowest BCUT2D eigenvalue weighted by Gasteiger charge is -2.11. The van der Waals surface area contributed by atoms with E-state index >= 15 is 0 Å². The van der Waals surface area contributed by atoms with E-state index in [-0.39, 0.29) is 11.3 Å². The summed E-state index contributed by atoms with van der Waals surface area (Å²) < 4.78 is 4.51. The van der Waals surface area contributed by atoms with Crippen molar-refractivity contribution in [1.82, 2.24) is 0 Å². The molecule has 1 amide bonds. The standard InChI is InChI=1S/C18H17BrN2OS/c1-21-16-6-5-14(10-15(16)18(7-8-18)17(21)22)20-23-11-12-3-2-4-13(19)9-12/h2-6,9-10,20H,7-8,11H2,1H3. The fourth-order valence-electron chi connectivity index (χ4n) is 3.26. The van der Waals surface area contributed by atoms with Crippen LogP contribution in [0.5, 0.6) is 0 Å². The van der Waals surface area contributed by atoms with Gasteiger partial charge in [0.25, 0.3) is 0 Å². The first-order chi connectivity index (χ1) is 11.1. The highest BCUT2D eigenvalue weighted by atomic mass is 79.9. The molecule has 2 aliphatic rings. The quantitative estimate of drug-likeness (QED) is 0.769. The number of nitrogens with zero attached hydrogens (tertiary/aromatic N) is 1. The number of benzene rings is 2. The molecule has 0 unspecified atom stereocenters. The molecule has 0 aromatic heterocycles. The molecule has 23 heavy (non-hydrogen) atoms. The van der Waals surface area contributed by atoms with Crippen molar-refractivity contribution in [3.05, 3.63) is 58.1 Å². The largest absolute Gasteiger partial charge is 0.329 e. The van der Waals surface area contributed by atoms with Crippen LogP contribution in [0.15, 0.2) is 46.9 Å². The zero-order chi connectivity index (χ0) is 16.0. The molecule has 1 N–H and O–H groups in total. The zero-order valence-electron chi connectivity index (χ0n) is 12.8. The molecule has 1 fully saturated rings. The van der Waals surface area contributed by atoms with E-state index in [0.29, 0.717) is 0 Å². The van der Waals surface area contributed by atoms with Crippen molar-refractivity contribution < 1.29 is 4.79 Å². The van der Waals surface area contributed by atoms with Gasteiger partial charge in [-0.2, -0.15) is 0 Å². The number of amides is 1. The molecule has 0 atom stereocenters. The molecule has 3 nitrogen and oxygen atoms in total. The number of anilines is 2. The Labute approximate surface area is 148 Å². The molecule has 0 radical (unpaired) electrons. The van der Waals surface area contributed by atoms with Crippen molar-refractivity contribution in [1.29, 1.82) is 0 Å². The van der Waals surface area contributed by atoms with Gasteiger partial charge in [0.1, 0.15) is 0 Å². The van der Waals surface area contributed by atoms with Gasteiger partial charge in [0.2, 0.25) is 5.91 Å². The SMILES string of the molecule is CN1C(=O)C2(CC2)c2cc(NSCc3cccc(Br)c3)ccc21. The third-order valence-corrected chi connectivity index (χ3v) is 6.01. The average Bonchev–Trinajstić information content (AvgIpc) is 3.32. The minimum absolute atomic E-state index is 0.212. The van der Waals surface area contributed by atoms with E-state index in [2.05, 4.69) is 51.0 Å². The van der Waals surface area contributed by atoms with Crippen LogP contribution >= 0.6 is 27.9 Å². The summed E-state index contributed by atoms with van der Waals surface area (Å²) in [6.45, 7) is 0. The van der Waals surface area contributed by atoms with Crippen molar-refractivity contribution in [2.24, 2.45) is 0 Å². The monoisotopic (exact) mass is 388 g/mol. The number of nitrogens with one attached hydrogen (secondary N) is 1. The summed E-state index contributed by atoms with van der Waals surface area (Å²) in [6.07, 6.45) is 1.97. The van der Waals surface area contributed by atoms with Gasteiger partial charge >= 0.3 is 0 Å². The van der Waals surface area contributed by atoms with Gasteiger partial charge in [0, 0.05) is 28.6 Å². The third-order valence-electron chi connectivity index (χ3n) is 4.66. The molecule has 0 saturated heterocycles. The fraction of sp³-hybridized carbons (Fsp3) is 0.278. The van der Waals surface area contributed by atoms with Gasteiger partial charge in [-0.25, -0.2) is 0 Å². The second-order valence-electron chi connectivity index (χ2n) is 6.20. The second kappa shape index (κ2) is 5.56. The Morgan fingerprint density at radius 3 is 2.83 bits per heavy atom. The van der Waals surface area contributed by atoms with Crippen LogP contribution in [0.25, 0.3) is 0 Å². The minimum Gasteiger partial charge on any atom is -0.329 e. The Bertz CT molecular complexity index is 788. The van der Waals surface area contributed by atoms with Crippen LogP contribution in [0.1, 0.15) is 24.0 Å². The number of hydrogen-bond acceptors (Lipinski definition) is 3. The van der Waals surface area contributed by atoms with E-state index < -0.39 is 0 Å². The number of rotatable bonds is 4. The van der Waals surface area contributed by atoms with E-state index in [0.717, 1.165) is 34.4 Å². The highest BCUT2D eigenvalue weighted by molar-refractivity contribution is 9.10. The smallest absolute Gasteiger partial charge is 0.237 e. The molecular formula is C18H17BrN2OS. The van der Waals surface area contributed by atoms with Crippen molar-refractivity contribution in [3.8, 4) is 0 Å². The van der Waals surface area contributed by atoms with Crippen LogP contribution < -0.4 is 9.62 Å². The Morgan fingerprint density at radius 2 is 2.09 bits per heavy atom. The highest BCUT2D eigenvalue weighted by Crippen LogP contribution is 2.57. The van der Waals surface area contributed by atoms with Gasteiger partial charge in [-0.05, 0) is 66.2 Å². The number of carbonyl (C=O) groups is 1. The third kappa shape index (κ3) is 2.56. The Hall–Kier alpha value is -1.46. The van der Waals surface area contributed by atoms with Gasteiger partial charge in [-0.3, -0.25) is 4.79 Å². The maximum Gasteiger partial charge on any atom is 0.237 e. The van der Waals surface area contributed by atoms with E-state index in [1.807, 2.05) is 19.2 Å². The molecule has 1 heterocycles. The van der Waals surface area contributed by atoms with E-state index in [9.17, 15) is 4.79 Å². The zero-order valence-corrected chi connectivity index (χ0v) is 15.2. The number of carbonyl (C=O) groups excluding carboxylic acids is 1. The van der Waals surface area contributed by atoms with Gasteiger partial charge in [-0.15, -0.1) is 0 Å². The van der Waals surface area contributed by atoms with Crippen LogP contribution in [0.3, 0.4) is 0 Å². The van der Waals surface area contributed by atoms with Crippen LogP contribution in [0.2, 0.25) is 0 Å². The minimum atomic E-state index is -0.212. The van der Waals surface area contributed by atoms with Crippen LogP contribution in [-0.2, 0) is 16.0 Å². The second-order valence-corrected chi connectivity index (χ2v) is 7.90. The number of likely N-dealkylation sites (N-methyl/N-ethyl adjacent to an activating group) is 1. The summed E-state index contributed by atoms with van der Waals surface area (Å²) in [7, 11) is 1.88. The predicted octanol–water partition coefficient (Wildman–Crippen LogP) is 4.72. The molecule has 1 saturated carbocycles. The fourth-order valence-corrected chi connectivity index (χ4v) is 4.42. The number of hydrogen-bond donors (Lipinski definition) is 1. The topological polar surface area (TPSA) is 32.3 Å². The Morgan fingerprint density at radius 1 is 1.26 bits per heavy atom. The van der Waals surface area contributed by atoms with Crippen molar-refractivity contribution in [2.75, 3.05) is 16.7 Å². The van der Waals surface area contributed by atoms with Crippen molar-refractivity contribution in [2.45, 2.75) is 24.0 Å². The molecule has 118 valence electrons. The molecule has 0 bridgehead atoms. The summed E-state index contributed by atoms with van der Waals surface area (Å²) in [4.78, 5) is 14.2. The molecule has 5 heteroatoms. The Kier molecular flexibility index (Phi) is 3.65. The first-order valence-electron chi connectivity index (χ1n) is 7.65. The van der Waals surface area contributed by atoms with Gasteiger partial charge in [0.05, 0.1) is 5.41 Å². The molecule has 2 aromatic rings. The van der Waals surface area contributed by atoms with E-state index in [1.165, 1.54) is 11.1 Å². The predicted molar refractivity (Wildman–Crippen MR) is 99.8 cm³/mol. The van der Waals surface area contributed by atoms with Gasteiger partial charge in [-0.1, -0.05) is 28.1 Å². The lowest BCUT2D eigenvalue weighted by molar-refractivity contribution is -0.119. The summed E-state index contributed by atoms with van der Waals surface area (Å²) in [6, 6.07) is 14.6. The van der Waals surface area contributed by atoms with Crippen LogP contribution in [-0.4, -0.2) is 13.0 Å². The lowest BCUT2D eigenvalue weighted by Crippen LogP contribution is -2.27. The van der Waals surface area contributed by atoms with E-state index in [1.54, 1.807) is 16.8 Å². The van der Waals surface area contributed by atoms with E-state index in [4.69, 9.17) is 0 Å². The Balaban J connectivity index is 1.47. The molecule has 1 spiro atoms. The summed E-state index contributed by atoms with van der Waals surface area (Å²) in [5.41, 5.74) is 4.38. The molecule has 1 aliphatic carbocycles. The van der Waals surface area contributed by atoms with Crippen LogP contribution in [0, 0.1) is 0 Å². The maximum absolute atomic E-state index is 12.4. The maximum atomic E-state index is 12.4. The first kappa shape index (κ1) is 15.1.